The molecular weight excluding hydrogens is 440 g/mol. The molecule has 152 valence electrons. The zero-order chi connectivity index (χ0) is 21.5. The molecule has 0 aliphatic heterocycles. The zero-order valence-electron chi connectivity index (χ0n) is 14.8. The van der Waals surface area contributed by atoms with E-state index >= 15 is 0 Å². The van der Waals surface area contributed by atoms with Crippen molar-refractivity contribution in [3.05, 3.63) is 60.0 Å². The maximum absolute atomic E-state index is 13.6. The van der Waals surface area contributed by atoms with Gasteiger partial charge in [-0.1, -0.05) is 41.7 Å². The van der Waals surface area contributed by atoms with E-state index in [1.54, 1.807) is 30.3 Å². The fourth-order valence-electron chi connectivity index (χ4n) is 2.73. The first-order chi connectivity index (χ1) is 14.2. The lowest BCUT2D eigenvalue weighted by atomic mass is 10.1. The molecule has 0 aliphatic rings. The summed E-state index contributed by atoms with van der Waals surface area (Å²) in [7, 11) is 0. The molecule has 0 radical (unpaired) electrons. The summed E-state index contributed by atoms with van der Waals surface area (Å²) in [5.41, 5.74) is 4.53. The molecule has 4 aromatic rings. The molecule has 12 heteroatoms. The number of alkyl halides is 3. The van der Waals surface area contributed by atoms with Crippen LogP contribution in [-0.4, -0.2) is 19.9 Å². The fourth-order valence-corrected chi connectivity index (χ4v) is 3.68. The van der Waals surface area contributed by atoms with Crippen LogP contribution in [0.3, 0.4) is 0 Å². The van der Waals surface area contributed by atoms with E-state index in [0.29, 0.717) is 15.8 Å². The number of hydrogen-bond acceptors (Lipinski definition) is 6. The van der Waals surface area contributed by atoms with E-state index in [1.165, 1.54) is 18.2 Å². The highest BCUT2D eigenvalue weighted by atomic mass is 32.1. The molecule has 0 saturated carbocycles. The molecule has 0 fully saturated rings. The first kappa shape index (κ1) is 20.0. The predicted molar refractivity (Wildman–Crippen MR) is 109 cm³/mol. The predicted octanol–water partition coefficient (Wildman–Crippen LogP) is 5.82. The van der Waals surface area contributed by atoms with Crippen LogP contribution in [0.25, 0.3) is 21.5 Å². The van der Waals surface area contributed by atoms with Gasteiger partial charge in [0.05, 0.1) is 10.2 Å². The highest BCUT2D eigenvalue weighted by molar-refractivity contribution is 7.80. The monoisotopic (exact) mass is 450 g/mol. The number of fused-ring (bicyclic) bond motifs is 1. The number of nitrogens with two attached hydrogens (primary N) is 1. The summed E-state index contributed by atoms with van der Waals surface area (Å²) in [4.78, 5) is 4.14. The van der Waals surface area contributed by atoms with Crippen molar-refractivity contribution < 1.29 is 17.6 Å². The van der Waals surface area contributed by atoms with Gasteiger partial charge < -0.3 is 5.73 Å². The van der Waals surface area contributed by atoms with Crippen LogP contribution in [0.5, 0.6) is 0 Å². The third-order valence-corrected chi connectivity index (χ3v) is 5.03. The van der Waals surface area contributed by atoms with Crippen LogP contribution in [0, 0.1) is 5.82 Å². The zero-order valence-corrected chi connectivity index (χ0v) is 16.4. The van der Waals surface area contributed by atoms with Gasteiger partial charge in [-0.15, -0.1) is 10.2 Å². The molecule has 0 spiro atoms. The highest BCUT2D eigenvalue weighted by Gasteiger charge is 2.40. The summed E-state index contributed by atoms with van der Waals surface area (Å²) in [6.07, 6.45) is -4.83. The molecule has 0 aliphatic carbocycles. The summed E-state index contributed by atoms with van der Waals surface area (Å²) in [5.74, 6) is -0.460. The van der Waals surface area contributed by atoms with Crippen LogP contribution in [0.15, 0.2) is 58.8 Å². The van der Waals surface area contributed by atoms with E-state index in [-0.39, 0.29) is 15.9 Å². The minimum absolute atomic E-state index is 0.0497. The molecule has 4 rings (SSSR count). The van der Waals surface area contributed by atoms with Crippen LogP contribution < -0.4 is 5.73 Å². The Morgan fingerprint density at radius 1 is 1.10 bits per heavy atom. The van der Waals surface area contributed by atoms with Crippen molar-refractivity contribution in [1.29, 1.82) is 0 Å². The molecule has 2 aromatic carbocycles. The van der Waals surface area contributed by atoms with Crippen LogP contribution >= 0.6 is 23.6 Å². The van der Waals surface area contributed by atoms with Crippen molar-refractivity contribution in [2.75, 3.05) is 0 Å². The minimum atomic E-state index is -4.83. The number of aromatic nitrogens is 3. The van der Waals surface area contributed by atoms with Gasteiger partial charge in [0.15, 0.2) is 10.8 Å². The highest BCUT2D eigenvalue weighted by Crippen LogP contribution is 2.43. The Kier molecular flexibility index (Phi) is 5.03. The maximum atomic E-state index is 13.6. The van der Waals surface area contributed by atoms with Crippen molar-refractivity contribution in [3.8, 4) is 11.3 Å². The lowest BCUT2D eigenvalue weighted by Gasteiger charge is -2.05. The maximum Gasteiger partial charge on any atom is 0.437 e. The molecule has 6 nitrogen and oxygen atoms in total. The third kappa shape index (κ3) is 3.78. The van der Waals surface area contributed by atoms with Gasteiger partial charge in [0, 0.05) is 5.56 Å². The van der Waals surface area contributed by atoms with Crippen molar-refractivity contribution in [2.45, 2.75) is 6.18 Å². The number of rotatable bonds is 3. The summed E-state index contributed by atoms with van der Waals surface area (Å²) in [6, 6.07) is 12.1. The molecule has 2 aromatic heterocycles. The second-order valence-corrected chi connectivity index (χ2v) is 7.40. The molecule has 2 N–H and O–H groups in total. The summed E-state index contributed by atoms with van der Waals surface area (Å²) >= 11 is 5.86. The van der Waals surface area contributed by atoms with E-state index in [9.17, 15) is 17.6 Å². The van der Waals surface area contributed by atoms with Gasteiger partial charge in [0.25, 0.3) is 0 Å². The van der Waals surface area contributed by atoms with Gasteiger partial charge in [-0.25, -0.2) is 14.1 Å². The molecule has 0 atom stereocenters. The molecule has 2 heterocycles. The third-order valence-electron chi connectivity index (χ3n) is 3.96. The van der Waals surface area contributed by atoms with Crippen LogP contribution in [0.2, 0.25) is 0 Å². The van der Waals surface area contributed by atoms with Gasteiger partial charge in [-0.2, -0.15) is 18.3 Å². The van der Waals surface area contributed by atoms with Gasteiger partial charge in [-0.05, 0) is 30.4 Å². The second-order valence-electron chi connectivity index (χ2n) is 5.97. The van der Waals surface area contributed by atoms with Gasteiger partial charge >= 0.3 is 6.18 Å². The molecule has 0 amide bonds. The number of thiazole rings is 1. The largest absolute Gasteiger partial charge is 0.437 e. The number of nitrogens with zero attached hydrogens (tertiary/aromatic N) is 5. The number of azo groups is 1. The topological polar surface area (TPSA) is 81.5 Å². The lowest BCUT2D eigenvalue weighted by Crippen LogP contribution is -2.22. The molecular formula is C18H10F4N6S2. The number of halogens is 4. The van der Waals surface area contributed by atoms with Crippen molar-refractivity contribution >= 4 is 49.7 Å². The summed E-state index contributed by atoms with van der Waals surface area (Å²) in [6.45, 7) is 0. The van der Waals surface area contributed by atoms with Gasteiger partial charge in [0.2, 0.25) is 5.13 Å². The van der Waals surface area contributed by atoms with Crippen LogP contribution in [0.4, 0.5) is 28.4 Å². The normalized spacial score (nSPS) is 12.1. The number of hydrogen-bond donors (Lipinski definition) is 1. The first-order valence-corrected chi connectivity index (χ1v) is 9.50. The fraction of sp³-hybridized carbons (Fsp3) is 0.0556. The van der Waals surface area contributed by atoms with Crippen molar-refractivity contribution in [2.24, 2.45) is 16.0 Å². The standard InChI is InChI=1S/C18H10F4N6S2/c19-10-6-7-11-12(8-10)30-17(24-11)26-25-13-14(9-4-2-1-3-5-9)28(16(23)29)27-15(13)18(20,21)22/h1-8H,(H2,23,29). The van der Waals surface area contributed by atoms with E-state index in [0.717, 1.165) is 16.0 Å². The molecule has 0 unspecified atom stereocenters. The molecule has 30 heavy (non-hydrogen) atoms. The van der Waals surface area contributed by atoms with Crippen LogP contribution in [0.1, 0.15) is 5.69 Å². The molecule has 0 saturated heterocycles. The molecule has 0 bridgehead atoms. The lowest BCUT2D eigenvalue weighted by molar-refractivity contribution is -0.140. The minimum Gasteiger partial charge on any atom is -0.374 e. The Morgan fingerprint density at radius 3 is 2.50 bits per heavy atom. The Labute approximate surface area is 175 Å². The number of thiocarbonyl (C=S) groups is 1. The SMILES string of the molecule is NC(=S)n1nc(C(F)(F)F)c(N=Nc2nc3ccc(F)cc3s2)c1-c1ccccc1. The van der Waals surface area contributed by atoms with E-state index in [2.05, 4.69) is 20.3 Å². The Bertz CT molecular complexity index is 1280. The summed E-state index contributed by atoms with van der Waals surface area (Å²) < 4.78 is 55.6. The van der Waals surface area contributed by atoms with Crippen molar-refractivity contribution in [1.82, 2.24) is 14.8 Å². The van der Waals surface area contributed by atoms with E-state index < -0.39 is 23.4 Å². The van der Waals surface area contributed by atoms with Crippen LogP contribution in [-0.2, 0) is 6.18 Å². The quantitative estimate of drug-likeness (QED) is 0.242. The second kappa shape index (κ2) is 7.54. The van der Waals surface area contributed by atoms with E-state index in [1.807, 2.05) is 0 Å². The number of benzene rings is 2. The van der Waals surface area contributed by atoms with E-state index in [4.69, 9.17) is 18.0 Å². The van der Waals surface area contributed by atoms with Gasteiger partial charge in [-0.3, -0.25) is 0 Å². The van der Waals surface area contributed by atoms with Crippen molar-refractivity contribution in [3.63, 3.8) is 0 Å². The average molecular weight is 450 g/mol. The Morgan fingerprint density at radius 2 is 1.83 bits per heavy atom. The van der Waals surface area contributed by atoms with Gasteiger partial charge in [0.1, 0.15) is 17.2 Å². The summed E-state index contributed by atoms with van der Waals surface area (Å²) in [5, 5.41) is 10.9. The Hall–Kier alpha value is -3.25. The Balaban J connectivity index is 1.90. The smallest absolute Gasteiger partial charge is 0.374 e. The first-order valence-electron chi connectivity index (χ1n) is 8.27. The average Bonchev–Trinajstić information content (AvgIpc) is 3.27.